The second kappa shape index (κ2) is 10.1. The molecule has 0 radical (unpaired) electrons. The van der Waals surface area contributed by atoms with Gasteiger partial charge >= 0.3 is 0 Å². The Morgan fingerprint density at radius 2 is 1.80 bits per heavy atom. The van der Waals surface area contributed by atoms with Crippen molar-refractivity contribution in [2.24, 2.45) is 0 Å². The van der Waals surface area contributed by atoms with Crippen LogP contribution < -0.4 is 15.6 Å². The van der Waals surface area contributed by atoms with Gasteiger partial charge in [0.25, 0.3) is 11.5 Å². The van der Waals surface area contributed by atoms with Crippen LogP contribution >= 0.6 is 11.6 Å². The highest BCUT2D eigenvalue weighted by Gasteiger charge is 2.14. The number of aromatic nitrogens is 2. The van der Waals surface area contributed by atoms with Crippen molar-refractivity contribution in [3.8, 4) is 17.0 Å². The van der Waals surface area contributed by atoms with Crippen molar-refractivity contribution in [3.05, 3.63) is 81.6 Å². The highest BCUT2D eigenvalue weighted by atomic mass is 35.5. The van der Waals surface area contributed by atoms with Crippen LogP contribution in [0.3, 0.4) is 0 Å². The highest BCUT2D eigenvalue weighted by Crippen LogP contribution is 2.18. The van der Waals surface area contributed by atoms with Crippen molar-refractivity contribution in [1.29, 1.82) is 0 Å². The highest BCUT2D eigenvalue weighted by molar-refractivity contribution is 6.30. The van der Waals surface area contributed by atoms with Gasteiger partial charge in [-0.25, -0.2) is 4.68 Å². The molecular weight excluding hydrogens is 402 g/mol. The van der Waals surface area contributed by atoms with E-state index in [9.17, 15) is 9.59 Å². The third-order valence-corrected chi connectivity index (χ3v) is 4.90. The number of hydrogen-bond acceptors (Lipinski definition) is 4. The van der Waals surface area contributed by atoms with Gasteiger partial charge in [0, 0.05) is 23.2 Å². The van der Waals surface area contributed by atoms with Crippen LogP contribution in [0.5, 0.6) is 5.75 Å². The van der Waals surface area contributed by atoms with Crippen molar-refractivity contribution in [3.63, 3.8) is 0 Å². The van der Waals surface area contributed by atoms with Gasteiger partial charge in [0.05, 0.1) is 12.2 Å². The number of rotatable bonds is 8. The normalized spacial score (nSPS) is 11.7. The molecule has 1 aromatic heterocycles. The summed E-state index contributed by atoms with van der Waals surface area (Å²) in [5, 5.41) is 7.79. The summed E-state index contributed by atoms with van der Waals surface area (Å²) >= 11 is 5.92. The van der Waals surface area contributed by atoms with E-state index in [0.29, 0.717) is 16.5 Å². The van der Waals surface area contributed by atoms with E-state index in [1.807, 2.05) is 36.4 Å². The number of aryl methyl sites for hydroxylation is 1. The molecule has 0 aliphatic heterocycles. The van der Waals surface area contributed by atoms with Crippen LogP contribution in [0.15, 0.2) is 65.5 Å². The maximum Gasteiger partial charge on any atom is 0.266 e. The number of nitrogens with zero attached hydrogens (tertiary/aromatic N) is 2. The molecule has 1 unspecified atom stereocenters. The summed E-state index contributed by atoms with van der Waals surface area (Å²) in [5.74, 6) is 0.389. The molecule has 0 aliphatic rings. The molecule has 1 heterocycles. The molecule has 7 heteroatoms. The number of hydrogen-bond donors (Lipinski definition) is 1. The predicted octanol–water partition coefficient (Wildman–Crippen LogP) is 3.71. The standard InChI is InChI=1S/C23H24ClN3O3/c1-3-17-4-10-20(11-5-17)30-16(2)23(29)25-14-15-27-22(28)13-12-21(26-27)18-6-8-19(24)9-7-18/h4-13,16H,3,14-15H2,1-2H3,(H,25,29). The fourth-order valence-electron chi connectivity index (χ4n) is 2.87. The molecule has 0 spiro atoms. The molecule has 0 saturated carbocycles. The Hall–Kier alpha value is -3.12. The lowest BCUT2D eigenvalue weighted by atomic mass is 10.1. The molecule has 1 atom stereocenters. The van der Waals surface area contributed by atoms with Gasteiger partial charge in [-0.1, -0.05) is 42.8 Å². The van der Waals surface area contributed by atoms with Crippen LogP contribution in [0.4, 0.5) is 0 Å². The predicted molar refractivity (Wildman–Crippen MR) is 118 cm³/mol. The lowest BCUT2D eigenvalue weighted by Crippen LogP contribution is -2.39. The Labute approximate surface area is 180 Å². The minimum atomic E-state index is -0.650. The van der Waals surface area contributed by atoms with Crippen molar-refractivity contribution in [2.75, 3.05) is 6.54 Å². The summed E-state index contributed by atoms with van der Waals surface area (Å²) in [7, 11) is 0. The fourth-order valence-corrected chi connectivity index (χ4v) is 3.00. The number of carbonyl (C=O) groups is 1. The molecule has 6 nitrogen and oxygen atoms in total. The number of carbonyl (C=O) groups excluding carboxylic acids is 1. The van der Waals surface area contributed by atoms with Gasteiger partial charge in [-0.3, -0.25) is 9.59 Å². The Morgan fingerprint density at radius 3 is 2.47 bits per heavy atom. The molecule has 30 heavy (non-hydrogen) atoms. The Morgan fingerprint density at radius 1 is 1.10 bits per heavy atom. The van der Waals surface area contributed by atoms with Crippen molar-refractivity contribution < 1.29 is 9.53 Å². The smallest absolute Gasteiger partial charge is 0.266 e. The Bertz CT molecular complexity index is 1050. The lowest BCUT2D eigenvalue weighted by Gasteiger charge is -2.15. The van der Waals surface area contributed by atoms with Gasteiger partial charge in [0.2, 0.25) is 0 Å². The summed E-state index contributed by atoms with van der Waals surface area (Å²) in [6.45, 7) is 4.29. The molecule has 0 fully saturated rings. The minimum absolute atomic E-state index is 0.234. The van der Waals surface area contributed by atoms with E-state index in [1.165, 1.54) is 16.3 Å². The van der Waals surface area contributed by atoms with E-state index in [2.05, 4.69) is 17.3 Å². The first-order valence-electron chi connectivity index (χ1n) is 9.83. The van der Waals surface area contributed by atoms with Crippen molar-refractivity contribution in [1.82, 2.24) is 15.1 Å². The van der Waals surface area contributed by atoms with E-state index in [1.54, 1.807) is 25.1 Å². The second-order valence-corrected chi connectivity index (χ2v) is 7.27. The van der Waals surface area contributed by atoms with Crippen LogP contribution in [0, 0.1) is 0 Å². The summed E-state index contributed by atoms with van der Waals surface area (Å²) in [5.41, 5.74) is 2.48. The molecule has 3 aromatic rings. The Kier molecular flexibility index (Phi) is 7.25. The monoisotopic (exact) mass is 425 g/mol. The molecular formula is C23H24ClN3O3. The lowest BCUT2D eigenvalue weighted by molar-refractivity contribution is -0.127. The van der Waals surface area contributed by atoms with Gasteiger partial charge in [-0.15, -0.1) is 0 Å². The average Bonchev–Trinajstić information content (AvgIpc) is 2.76. The van der Waals surface area contributed by atoms with E-state index in [0.717, 1.165) is 12.0 Å². The first-order chi connectivity index (χ1) is 14.5. The number of halogens is 1. The van der Waals surface area contributed by atoms with Gasteiger partial charge < -0.3 is 10.1 Å². The fraction of sp³-hybridized carbons (Fsp3) is 0.261. The first kappa shape index (κ1) is 21.6. The van der Waals surface area contributed by atoms with E-state index in [-0.39, 0.29) is 24.6 Å². The number of benzene rings is 2. The quantitative estimate of drug-likeness (QED) is 0.597. The van der Waals surface area contributed by atoms with Gasteiger partial charge in [-0.05, 0) is 49.2 Å². The molecule has 0 bridgehead atoms. The average molecular weight is 426 g/mol. The van der Waals surface area contributed by atoms with E-state index in [4.69, 9.17) is 16.3 Å². The summed E-state index contributed by atoms with van der Waals surface area (Å²) in [6.07, 6.45) is 0.297. The van der Waals surface area contributed by atoms with Crippen LogP contribution in [-0.4, -0.2) is 28.3 Å². The largest absolute Gasteiger partial charge is 0.481 e. The van der Waals surface area contributed by atoms with E-state index >= 15 is 0 Å². The molecule has 1 amide bonds. The summed E-state index contributed by atoms with van der Waals surface area (Å²) in [6, 6.07) is 18.0. The molecule has 156 valence electrons. The van der Waals surface area contributed by atoms with Crippen LogP contribution in [0.1, 0.15) is 19.4 Å². The number of amides is 1. The van der Waals surface area contributed by atoms with Crippen LogP contribution in [0.2, 0.25) is 5.02 Å². The summed E-state index contributed by atoms with van der Waals surface area (Å²) < 4.78 is 7.01. The van der Waals surface area contributed by atoms with Crippen molar-refractivity contribution in [2.45, 2.75) is 32.9 Å². The zero-order valence-electron chi connectivity index (χ0n) is 17.0. The maximum absolute atomic E-state index is 12.3. The topological polar surface area (TPSA) is 73.2 Å². The second-order valence-electron chi connectivity index (χ2n) is 6.84. The Balaban J connectivity index is 1.56. The van der Waals surface area contributed by atoms with Crippen molar-refractivity contribution >= 4 is 17.5 Å². The molecule has 2 aromatic carbocycles. The zero-order valence-corrected chi connectivity index (χ0v) is 17.7. The van der Waals surface area contributed by atoms with Crippen LogP contribution in [0.25, 0.3) is 11.3 Å². The van der Waals surface area contributed by atoms with Crippen LogP contribution in [-0.2, 0) is 17.8 Å². The molecule has 0 saturated heterocycles. The number of nitrogens with one attached hydrogen (secondary N) is 1. The molecule has 0 aliphatic carbocycles. The minimum Gasteiger partial charge on any atom is -0.481 e. The maximum atomic E-state index is 12.3. The van der Waals surface area contributed by atoms with Gasteiger partial charge in [0.1, 0.15) is 5.75 Å². The van der Waals surface area contributed by atoms with Gasteiger partial charge in [-0.2, -0.15) is 5.10 Å². The molecule has 1 N–H and O–H groups in total. The first-order valence-corrected chi connectivity index (χ1v) is 10.2. The third-order valence-electron chi connectivity index (χ3n) is 4.64. The van der Waals surface area contributed by atoms with Gasteiger partial charge in [0.15, 0.2) is 6.10 Å². The summed E-state index contributed by atoms with van der Waals surface area (Å²) in [4.78, 5) is 24.4. The van der Waals surface area contributed by atoms with E-state index < -0.39 is 6.10 Å². The number of ether oxygens (including phenoxy) is 1. The molecule has 3 rings (SSSR count). The third kappa shape index (κ3) is 5.70. The zero-order chi connectivity index (χ0) is 21.5. The SMILES string of the molecule is CCc1ccc(OC(C)C(=O)NCCn2nc(-c3ccc(Cl)cc3)ccc2=O)cc1.